The van der Waals surface area contributed by atoms with E-state index in [1.807, 2.05) is 48.5 Å². The number of aliphatic hydroxyl groups is 1. The number of carbonyl (C=O) groups excluding carboxylic acids is 2. The number of aromatic nitrogens is 2. The normalized spacial score (nSPS) is 16.7. The summed E-state index contributed by atoms with van der Waals surface area (Å²) in [7, 11) is 0. The second-order valence-corrected chi connectivity index (χ2v) is 9.32. The fourth-order valence-corrected chi connectivity index (χ4v) is 4.97. The second-order valence-electron chi connectivity index (χ2n) is 9.32. The predicted octanol–water partition coefficient (Wildman–Crippen LogP) is 5.44. The standard InChI is InChI=1S/C31H25N3O5/c1-20-27(33-16-6-5-11-25(33)32-20)29(35)26-28(34(31(37)30(26)36)18-24-10-7-17-38-24)22-12-14-23(15-13-22)39-19-21-8-3-2-4-9-21/h2-17,28,35H,18-19H2,1H3/b29-26+. The van der Waals surface area contributed by atoms with Crippen molar-refractivity contribution in [3.8, 4) is 5.75 Å². The monoisotopic (exact) mass is 519 g/mol. The molecule has 1 saturated heterocycles. The highest BCUT2D eigenvalue weighted by Crippen LogP contribution is 2.41. The van der Waals surface area contributed by atoms with Crippen LogP contribution in [-0.2, 0) is 22.7 Å². The minimum Gasteiger partial charge on any atom is -0.505 e. The maximum atomic E-state index is 13.4. The third-order valence-corrected chi connectivity index (χ3v) is 6.82. The van der Waals surface area contributed by atoms with Crippen LogP contribution in [0.3, 0.4) is 0 Å². The number of ether oxygens (including phenoxy) is 1. The van der Waals surface area contributed by atoms with E-state index in [0.29, 0.717) is 40.7 Å². The molecule has 6 rings (SSSR count). The van der Waals surface area contributed by atoms with Gasteiger partial charge in [0.15, 0.2) is 5.76 Å². The molecule has 2 aromatic carbocycles. The number of pyridine rings is 1. The Labute approximate surface area is 224 Å². The molecule has 1 amide bonds. The van der Waals surface area contributed by atoms with E-state index >= 15 is 0 Å². The van der Waals surface area contributed by atoms with Gasteiger partial charge in [-0.15, -0.1) is 0 Å². The highest BCUT2D eigenvalue weighted by molar-refractivity contribution is 6.46. The van der Waals surface area contributed by atoms with Crippen molar-refractivity contribution in [2.45, 2.75) is 26.1 Å². The summed E-state index contributed by atoms with van der Waals surface area (Å²) in [5, 5.41) is 11.6. The first kappa shape index (κ1) is 24.2. The van der Waals surface area contributed by atoms with Gasteiger partial charge in [0.2, 0.25) is 0 Å². The van der Waals surface area contributed by atoms with E-state index in [1.165, 1.54) is 11.2 Å². The molecule has 1 fully saturated rings. The zero-order valence-corrected chi connectivity index (χ0v) is 21.2. The highest BCUT2D eigenvalue weighted by Gasteiger charge is 2.47. The van der Waals surface area contributed by atoms with Gasteiger partial charge < -0.3 is 19.2 Å². The van der Waals surface area contributed by atoms with Crippen LogP contribution < -0.4 is 4.74 Å². The van der Waals surface area contributed by atoms with Crippen LogP contribution in [0.15, 0.2) is 107 Å². The van der Waals surface area contributed by atoms with Crippen molar-refractivity contribution >= 4 is 23.1 Å². The third-order valence-electron chi connectivity index (χ3n) is 6.82. The molecule has 4 heterocycles. The Kier molecular flexibility index (Phi) is 6.20. The summed E-state index contributed by atoms with van der Waals surface area (Å²) in [6, 6.07) is 25.1. The Hall–Kier alpha value is -5.11. The molecule has 0 spiro atoms. The van der Waals surface area contributed by atoms with Gasteiger partial charge in [0.05, 0.1) is 30.1 Å². The van der Waals surface area contributed by atoms with Crippen LogP contribution in [0.1, 0.15) is 34.3 Å². The van der Waals surface area contributed by atoms with Gasteiger partial charge in [0.25, 0.3) is 11.7 Å². The second kappa shape index (κ2) is 9.98. The Morgan fingerprint density at radius 2 is 1.74 bits per heavy atom. The lowest BCUT2D eigenvalue weighted by atomic mass is 9.96. The molecule has 194 valence electrons. The number of aryl methyl sites for hydroxylation is 1. The number of amides is 1. The summed E-state index contributed by atoms with van der Waals surface area (Å²) < 4.78 is 13.1. The van der Waals surface area contributed by atoms with Gasteiger partial charge in [0.1, 0.15) is 29.5 Å². The van der Waals surface area contributed by atoms with E-state index in [2.05, 4.69) is 4.98 Å². The van der Waals surface area contributed by atoms with Gasteiger partial charge in [-0.3, -0.25) is 14.0 Å². The van der Waals surface area contributed by atoms with Gasteiger partial charge in [-0.25, -0.2) is 4.98 Å². The molecule has 3 aromatic heterocycles. The van der Waals surface area contributed by atoms with Crippen molar-refractivity contribution < 1.29 is 23.8 Å². The van der Waals surface area contributed by atoms with E-state index in [0.717, 1.165) is 5.56 Å². The van der Waals surface area contributed by atoms with Crippen LogP contribution in [0.5, 0.6) is 5.75 Å². The summed E-state index contributed by atoms with van der Waals surface area (Å²) in [6.07, 6.45) is 3.28. The largest absolute Gasteiger partial charge is 0.505 e. The van der Waals surface area contributed by atoms with Crippen LogP contribution in [0, 0.1) is 6.92 Å². The maximum Gasteiger partial charge on any atom is 0.296 e. The lowest BCUT2D eigenvalue weighted by Crippen LogP contribution is -2.29. The van der Waals surface area contributed by atoms with Gasteiger partial charge in [-0.1, -0.05) is 48.5 Å². The van der Waals surface area contributed by atoms with Crippen molar-refractivity contribution in [1.82, 2.24) is 14.3 Å². The summed E-state index contributed by atoms with van der Waals surface area (Å²) in [5.74, 6) is -0.590. The zero-order valence-electron chi connectivity index (χ0n) is 21.2. The van der Waals surface area contributed by atoms with E-state index in [-0.39, 0.29) is 17.9 Å². The van der Waals surface area contributed by atoms with Gasteiger partial charge in [-0.05, 0) is 54.4 Å². The van der Waals surface area contributed by atoms with E-state index in [9.17, 15) is 14.7 Å². The van der Waals surface area contributed by atoms with Crippen LogP contribution in [0.4, 0.5) is 0 Å². The molecular weight excluding hydrogens is 494 g/mol. The number of likely N-dealkylation sites (tertiary alicyclic amines) is 1. The van der Waals surface area contributed by atoms with Crippen LogP contribution in [0.25, 0.3) is 11.4 Å². The van der Waals surface area contributed by atoms with Gasteiger partial charge >= 0.3 is 0 Å². The minimum absolute atomic E-state index is 0.00161. The number of imidazole rings is 1. The van der Waals surface area contributed by atoms with E-state index < -0.39 is 17.7 Å². The van der Waals surface area contributed by atoms with Crippen LogP contribution in [-0.4, -0.2) is 31.1 Å². The molecule has 1 atom stereocenters. The lowest BCUT2D eigenvalue weighted by Gasteiger charge is -2.24. The van der Waals surface area contributed by atoms with Crippen molar-refractivity contribution in [3.63, 3.8) is 0 Å². The number of aliphatic hydroxyl groups excluding tert-OH is 1. The average molecular weight is 520 g/mol. The first-order valence-corrected chi connectivity index (χ1v) is 12.5. The molecule has 0 bridgehead atoms. The topological polar surface area (TPSA) is 97.3 Å². The summed E-state index contributed by atoms with van der Waals surface area (Å²) in [6.45, 7) is 2.23. The Balaban J connectivity index is 1.41. The highest BCUT2D eigenvalue weighted by atomic mass is 16.5. The lowest BCUT2D eigenvalue weighted by molar-refractivity contribution is -0.140. The molecular formula is C31H25N3O5. The molecule has 1 unspecified atom stereocenters. The number of hydrogen-bond acceptors (Lipinski definition) is 6. The Morgan fingerprint density at radius 3 is 2.49 bits per heavy atom. The minimum atomic E-state index is -0.841. The summed E-state index contributed by atoms with van der Waals surface area (Å²) in [5.41, 5.74) is 3.22. The van der Waals surface area contributed by atoms with Crippen molar-refractivity contribution in [2.75, 3.05) is 0 Å². The molecule has 0 aliphatic carbocycles. The number of carbonyl (C=O) groups is 2. The van der Waals surface area contributed by atoms with Crippen LogP contribution in [0.2, 0.25) is 0 Å². The number of hydrogen-bond donors (Lipinski definition) is 1. The summed E-state index contributed by atoms with van der Waals surface area (Å²) in [4.78, 5) is 32.7. The molecule has 1 aliphatic rings. The first-order valence-electron chi connectivity index (χ1n) is 12.5. The zero-order chi connectivity index (χ0) is 26.9. The average Bonchev–Trinajstić information content (AvgIpc) is 3.66. The predicted molar refractivity (Wildman–Crippen MR) is 144 cm³/mol. The molecule has 8 nitrogen and oxygen atoms in total. The van der Waals surface area contributed by atoms with Gasteiger partial charge in [0, 0.05) is 6.20 Å². The van der Waals surface area contributed by atoms with Gasteiger partial charge in [-0.2, -0.15) is 0 Å². The molecule has 0 radical (unpaired) electrons. The maximum absolute atomic E-state index is 13.4. The number of fused-ring (bicyclic) bond motifs is 1. The molecule has 0 saturated carbocycles. The number of Topliss-reactive ketones (excluding diaryl/α,β-unsaturated/α-hetero) is 1. The molecule has 8 heteroatoms. The summed E-state index contributed by atoms with van der Waals surface area (Å²) >= 11 is 0. The number of nitrogens with zero attached hydrogens (tertiary/aromatic N) is 3. The third kappa shape index (κ3) is 4.46. The van der Waals surface area contributed by atoms with Crippen molar-refractivity contribution in [1.29, 1.82) is 0 Å². The Morgan fingerprint density at radius 1 is 0.974 bits per heavy atom. The fourth-order valence-electron chi connectivity index (χ4n) is 4.97. The molecule has 1 N–H and O–H groups in total. The molecule has 5 aromatic rings. The first-order chi connectivity index (χ1) is 19.0. The number of ketones is 1. The van der Waals surface area contributed by atoms with Crippen molar-refractivity contribution in [2.24, 2.45) is 0 Å². The fraction of sp³-hybridized carbons (Fsp3) is 0.129. The number of furan rings is 1. The SMILES string of the molecule is Cc1nc2ccccn2c1/C(O)=C1\C(=O)C(=O)N(Cc2ccco2)C1c1ccc(OCc2ccccc2)cc1. The number of rotatable bonds is 7. The number of benzene rings is 2. The van der Waals surface area contributed by atoms with Crippen molar-refractivity contribution in [3.05, 3.63) is 131 Å². The quantitative estimate of drug-likeness (QED) is 0.175. The van der Waals surface area contributed by atoms with E-state index in [4.69, 9.17) is 9.15 Å². The Bertz CT molecular complexity index is 1690. The molecule has 1 aliphatic heterocycles. The molecule has 39 heavy (non-hydrogen) atoms. The van der Waals surface area contributed by atoms with Crippen LogP contribution >= 0.6 is 0 Å². The van der Waals surface area contributed by atoms with E-state index in [1.54, 1.807) is 53.9 Å². The smallest absolute Gasteiger partial charge is 0.296 e.